The summed E-state index contributed by atoms with van der Waals surface area (Å²) in [5.41, 5.74) is 2.21. The zero-order chi connectivity index (χ0) is 18.8. The van der Waals surface area contributed by atoms with Gasteiger partial charge < -0.3 is 20.3 Å². The quantitative estimate of drug-likeness (QED) is 0.273. The summed E-state index contributed by atoms with van der Waals surface area (Å²) in [4.78, 5) is 9.33. The molecule has 0 aliphatic rings. The number of nitrogens with one attached hydrogen (secondary N) is 2. The topological polar surface area (TPSA) is 74.5 Å². The molecule has 2 rings (SSSR count). The molecule has 152 valence electrons. The largest absolute Gasteiger partial charge is 0.396 e. The number of rotatable bonds is 10. The average molecular weight is 487 g/mol. The summed E-state index contributed by atoms with van der Waals surface area (Å²) >= 11 is 0. The molecule has 1 aromatic carbocycles. The van der Waals surface area contributed by atoms with Crippen LogP contribution in [0.2, 0.25) is 0 Å². The molecule has 1 atom stereocenters. The Labute approximate surface area is 179 Å². The first-order chi connectivity index (χ1) is 12.7. The first-order valence-electron chi connectivity index (χ1n) is 9.74. The van der Waals surface area contributed by atoms with Crippen LogP contribution in [0.5, 0.6) is 0 Å². The van der Waals surface area contributed by atoms with Crippen molar-refractivity contribution >= 4 is 41.0 Å². The van der Waals surface area contributed by atoms with Crippen LogP contribution >= 0.6 is 24.0 Å². The molecule has 1 aromatic heterocycles. The van der Waals surface area contributed by atoms with E-state index < -0.39 is 0 Å². The van der Waals surface area contributed by atoms with Crippen LogP contribution in [-0.4, -0.2) is 46.9 Å². The van der Waals surface area contributed by atoms with Crippen molar-refractivity contribution in [2.45, 2.75) is 46.6 Å². The molecule has 0 bridgehead atoms. The number of aliphatic hydroxyl groups excluding tert-OH is 1. The van der Waals surface area contributed by atoms with Crippen molar-refractivity contribution in [3.63, 3.8) is 0 Å². The van der Waals surface area contributed by atoms with Crippen LogP contribution in [0.1, 0.15) is 38.9 Å². The summed E-state index contributed by atoms with van der Waals surface area (Å²) in [5.74, 6) is 2.31. The molecule has 3 N–H and O–H groups in total. The van der Waals surface area contributed by atoms with Crippen molar-refractivity contribution in [2.75, 3.05) is 26.2 Å². The van der Waals surface area contributed by atoms with Gasteiger partial charge in [-0.2, -0.15) is 0 Å². The molecule has 0 spiro atoms. The van der Waals surface area contributed by atoms with Crippen LogP contribution in [0.3, 0.4) is 0 Å². The Morgan fingerprint density at radius 2 is 2.00 bits per heavy atom. The molecule has 27 heavy (non-hydrogen) atoms. The number of hydrogen-bond acceptors (Lipinski definition) is 3. The average Bonchev–Trinajstić information content (AvgIpc) is 2.95. The third kappa shape index (κ3) is 7.29. The van der Waals surface area contributed by atoms with Crippen LogP contribution < -0.4 is 10.6 Å². The summed E-state index contributed by atoms with van der Waals surface area (Å²) < 4.78 is 2.23. The summed E-state index contributed by atoms with van der Waals surface area (Å²) in [6.45, 7) is 9.73. The fourth-order valence-electron chi connectivity index (χ4n) is 3.24. The normalized spacial score (nSPS) is 12.7. The second-order valence-electron chi connectivity index (χ2n) is 6.61. The second-order valence-corrected chi connectivity index (χ2v) is 6.61. The summed E-state index contributed by atoms with van der Waals surface area (Å²) in [6.07, 6.45) is 3.04. The fourth-order valence-corrected chi connectivity index (χ4v) is 3.24. The van der Waals surface area contributed by atoms with Gasteiger partial charge in [0, 0.05) is 32.8 Å². The van der Waals surface area contributed by atoms with E-state index in [0.717, 1.165) is 62.7 Å². The van der Waals surface area contributed by atoms with Crippen molar-refractivity contribution in [3.8, 4) is 0 Å². The SMILES string of the molecule is CCCC(CCO)CN=C(NCC)NCCn1c(C)nc2ccccc21.I. The minimum Gasteiger partial charge on any atom is -0.396 e. The Morgan fingerprint density at radius 3 is 2.70 bits per heavy atom. The maximum atomic E-state index is 9.20. The maximum absolute atomic E-state index is 9.20. The number of aliphatic imine (C=N–C) groups is 1. The van der Waals surface area contributed by atoms with E-state index in [1.54, 1.807) is 0 Å². The molecule has 0 radical (unpaired) electrons. The molecule has 0 saturated heterocycles. The molecule has 0 saturated carbocycles. The van der Waals surface area contributed by atoms with Gasteiger partial charge in [0.25, 0.3) is 0 Å². The molecule has 0 aliphatic heterocycles. The molecule has 6 nitrogen and oxygen atoms in total. The Bertz CT molecular complexity index is 695. The van der Waals surface area contributed by atoms with Crippen molar-refractivity contribution < 1.29 is 5.11 Å². The van der Waals surface area contributed by atoms with Gasteiger partial charge in [0.1, 0.15) is 5.82 Å². The molecule has 2 aromatic rings. The van der Waals surface area contributed by atoms with Crippen molar-refractivity contribution in [3.05, 3.63) is 30.1 Å². The number of para-hydroxylation sites is 2. The highest BCUT2D eigenvalue weighted by Crippen LogP contribution is 2.15. The minimum atomic E-state index is 0. The van der Waals surface area contributed by atoms with Crippen LogP contribution in [-0.2, 0) is 6.54 Å². The number of aromatic nitrogens is 2. The van der Waals surface area contributed by atoms with Crippen molar-refractivity contribution in [2.24, 2.45) is 10.9 Å². The van der Waals surface area contributed by atoms with Gasteiger partial charge in [0.05, 0.1) is 11.0 Å². The Morgan fingerprint density at radius 1 is 1.22 bits per heavy atom. The van der Waals surface area contributed by atoms with E-state index in [1.165, 1.54) is 5.52 Å². The lowest BCUT2D eigenvalue weighted by atomic mass is 10.0. The van der Waals surface area contributed by atoms with E-state index in [-0.39, 0.29) is 30.6 Å². The van der Waals surface area contributed by atoms with Gasteiger partial charge in [0.15, 0.2) is 5.96 Å². The van der Waals surface area contributed by atoms with Gasteiger partial charge in [0.2, 0.25) is 0 Å². The lowest BCUT2D eigenvalue weighted by Gasteiger charge is -2.16. The van der Waals surface area contributed by atoms with Gasteiger partial charge in [-0.05, 0) is 44.7 Å². The van der Waals surface area contributed by atoms with Gasteiger partial charge in [-0.3, -0.25) is 4.99 Å². The number of hydrogen-bond donors (Lipinski definition) is 3. The van der Waals surface area contributed by atoms with E-state index in [0.29, 0.717) is 5.92 Å². The zero-order valence-corrected chi connectivity index (χ0v) is 19.1. The minimum absolute atomic E-state index is 0. The van der Waals surface area contributed by atoms with Gasteiger partial charge in [-0.15, -0.1) is 24.0 Å². The Balaban J connectivity index is 0.00000364. The van der Waals surface area contributed by atoms with Crippen molar-refractivity contribution in [1.29, 1.82) is 0 Å². The maximum Gasteiger partial charge on any atom is 0.191 e. The lowest BCUT2D eigenvalue weighted by molar-refractivity contribution is 0.253. The molecule has 0 fully saturated rings. The highest BCUT2D eigenvalue weighted by molar-refractivity contribution is 14.0. The first kappa shape index (κ1) is 23.7. The number of imidazole rings is 1. The predicted octanol–water partition coefficient (Wildman–Crippen LogP) is 3.32. The monoisotopic (exact) mass is 487 g/mol. The number of benzene rings is 1. The lowest BCUT2D eigenvalue weighted by Crippen LogP contribution is -2.39. The van der Waals surface area contributed by atoms with Crippen LogP contribution in [0.4, 0.5) is 0 Å². The molecule has 0 amide bonds. The van der Waals surface area contributed by atoms with Crippen LogP contribution in [0, 0.1) is 12.8 Å². The van der Waals surface area contributed by atoms with Gasteiger partial charge >= 0.3 is 0 Å². The van der Waals surface area contributed by atoms with Crippen molar-refractivity contribution in [1.82, 2.24) is 20.2 Å². The highest BCUT2D eigenvalue weighted by atomic mass is 127. The summed E-state index contributed by atoms with van der Waals surface area (Å²) in [5, 5.41) is 15.9. The number of nitrogens with zero attached hydrogens (tertiary/aromatic N) is 3. The summed E-state index contributed by atoms with van der Waals surface area (Å²) in [6, 6.07) is 8.23. The van der Waals surface area contributed by atoms with E-state index in [1.807, 2.05) is 25.1 Å². The smallest absolute Gasteiger partial charge is 0.191 e. The molecular formula is C20H34IN5O. The van der Waals surface area contributed by atoms with Gasteiger partial charge in [-0.25, -0.2) is 4.98 Å². The van der Waals surface area contributed by atoms with E-state index in [4.69, 9.17) is 4.99 Å². The standard InChI is InChI=1S/C20H33N5O.HI/c1-4-8-17(11-14-26)15-23-20(21-5-2)22-12-13-25-16(3)24-18-9-6-7-10-19(18)25;/h6-7,9-10,17,26H,4-5,8,11-15H2,1-3H3,(H2,21,22,23);1H. The molecule has 1 unspecified atom stereocenters. The third-order valence-electron chi connectivity index (χ3n) is 4.56. The third-order valence-corrected chi connectivity index (χ3v) is 4.56. The second kappa shape index (κ2) is 12.9. The molecule has 1 heterocycles. The number of halogens is 1. The number of fused-ring (bicyclic) bond motifs is 1. The van der Waals surface area contributed by atoms with Crippen LogP contribution in [0.25, 0.3) is 11.0 Å². The number of aliphatic hydroxyl groups is 1. The number of aryl methyl sites for hydroxylation is 1. The Kier molecular flexibility index (Phi) is 11.3. The van der Waals surface area contributed by atoms with Crippen LogP contribution in [0.15, 0.2) is 29.3 Å². The fraction of sp³-hybridized carbons (Fsp3) is 0.600. The zero-order valence-electron chi connectivity index (χ0n) is 16.7. The molecule has 0 aliphatic carbocycles. The van der Waals surface area contributed by atoms with E-state index >= 15 is 0 Å². The van der Waals surface area contributed by atoms with E-state index in [9.17, 15) is 5.11 Å². The highest BCUT2D eigenvalue weighted by Gasteiger charge is 2.08. The molecule has 7 heteroatoms. The first-order valence-corrected chi connectivity index (χ1v) is 9.74. The van der Waals surface area contributed by atoms with E-state index in [2.05, 4.69) is 40.1 Å². The Hall–Kier alpha value is -1.35. The number of guanidine groups is 1. The van der Waals surface area contributed by atoms with Gasteiger partial charge in [-0.1, -0.05) is 25.5 Å². The molecular weight excluding hydrogens is 453 g/mol. The summed E-state index contributed by atoms with van der Waals surface area (Å²) in [7, 11) is 0. The predicted molar refractivity (Wildman–Crippen MR) is 124 cm³/mol.